The number of nitro groups is 2. The molecule has 106 valence electrons. The number of carbonyl (C=O) groups excluding carboxylic acids is 1. The van der Waals surface area contributed by atoms with Crippen molar-refractivity contribution in [3.05, 3.63) is 20.2 Å². The minimum atomic E-state index is -0.621. The maximum Gasteiger partial charge on any atom is 0.305 e. The molecule has 0 aromatic rings. The van der Waals surface area contributed by atoms with E-state index in [0.717, 1.165) is 0 Å². The van der Waals surface area contributed by atoms with Crippen molar-refractivity contribution in [2.45, 2.75) is 45.6 Å². The first-order valence-corrected chi connectivity index (χ1v) is 5.71. The van der Waals surface area contributed by atoms with Crippen molar-refractivity contribution in [3.8, 4) is 0 Å². The van der Waals surface area contributed by atoms with Crippen LogP contribution in [0, 0.1) is 20.2 Å². The van der Waals surface area contributed by atoms with E-state index in [-0.39, 0.29) is 29.2 Å². The monoisotopic (exact) mass is 264 g/mol. The third-order valence-electron chi connectivity index (χ3n) is 2.08. The van der Waals surface area contributed by atoms with Gasteiger partial charge in [-0.3, -0.25) is 25.0 Å². The first kappa shape index (κ1) is 18.6. The van der Waals surface area contributed by atoms with Gasteiger partial charge in [-0.1, -0.05) is 13.8 Å². The van der Waals surface area contributed by atoms with Crippen LogP contribution in [0.2, 0.25) is 0 Å². The van der Waals surface area contributed by atoms with Gasteiger partial charge in [-0.2, -0.15) is 0 Å². The van der Waals surface area contributed by atoms with Crippen LogP contribution in [0.15, 0.2) is 0 Å². The molecular formula is C10H20N2O6. The van der Waals surface area contributed by atoms with Crippen molar-refractivity contribution in [2.75, 3.05) is 13.7 Å². The van der Waals surface area contributed by atoms with Gasteiger partial charge in [0.05, 0.1) is 13.5 Å². The van der Waals surface area contributed by atoms with Crippen molar-refractivity contribution in [1.82, 2.24) is 0 Å². The van der Waals surface area contributed by atoms with Crippen LogP contribution in [-0.2, 0) is 9.53 Å². The number of esters is 1. The Kier molecular flexibility index (Phi) is 12.2. The van der Waals surface area contributed by atoms with E-state index in [0.29, 0.717) is 12.8 Å². The lowest BCUT2D eigenvalue weighted by atomic mass is 10.1. The highest BCUT2D eigenvalue weighted by Gasteiger charge is 2.18. The van der Waals surface area contributed by atoms with E-state index in [1.807, 2.05) is 0 Å². The average Bonchev–Trinajstić information content (AvgIpc) is 2.29. The van der Waals surface area contributed by atoms with Crippen LogP contribution in [0.1, 0.15) is 39.5 Å². The van der Waals surface area contributed by atoms with E-state index in [1.165, 1.54) is 7.11 Å². The van der Waals surface area contributed by atoms with Gasteiger partial charge in [-0.05, 0) is 0 Å². The van der Waals surface area contributed by atoms with Gasteiger partial charge in [-0.15, -0.1) is 0 Å². The topological polar surface area (TPSA) is 113 Å². The van der Waals surface area contributed by atoms with E-state index >= 15 is 0 Å². The average molecular weight is 264 g/mol. The van der Waals surface area contributed by atoms with Gasteiger partial charge >= 0.3 is 5.97 Å². The van der Waals surface area contributed by atoms with Crippen molar-refractivity contribution in [1.29, 1.82) is 0 Å². The SMILES string of the molecule is CCC(CCC(=O)OC)[N+](=O)[O-].CCC[N+](=O)[O-]. The lowest BCUT2D eigenvalue weighted by Gasteiger charge is -2.04. The zero-order valence-corrected chi connectivity index (χ0v) is 11.0. The second-order valence-electron chi connectivity index (χ2n) is 3.52. The summed E-state index contributed by atoms with van der Waals surface area (Å²) < 4.78 is 4.36. The largest absolute Gasteiger partial charge is 0.469 e. The van der Waals surface area contributed by atoms with Crippen molar-refractivity contribution >= 4 is 5.97 Å². The van der Waals surface area contributed by atoms with Crippen LogP contribution < -0.4 is 0 Å². The molecule has 0 aliphatic carbocycles. The molecule has 0 aromatic heterocycles. The molecular weight excluding hydrogens is 244 g/mol. The van der Waals surface area contributed by atoms with Gasteiger partial charge in [-0.25, -0.2) is 0 Å². The fourth-order valence-corrected chi connectivity index (χ4v) is 1.03. The van der Waals surface area contributed by atoms with Crippen LogP contribution in [0.3, 0.4) is 0 Å². The number of ether oxygens (including phenoxy) is 1. The van der Waals surface area contributed by atoms with Crippen molar-refractivity contribution in [3.63, 3.8) is 0 Å². The standard InChI is InChI=1S/C7H13NO4.C3H7NO2/c1-3-6(8(10)11)4-5-7(9)12-2;1-2-3-4(5)6/h6H,3-5H2,1-2H3;2-3H2,1H3. The second kappa shape index (κ2) is 11.7. The molecule has 8 heteroatoms. The number of carbonyl (C=O) groups is 1. The van der Waals surface area contributed by atoms with Crippen LogP contribution >= 0.6 is 0 Å². The van der Waals surface area contributed by atoms with Gasteiger partial charge in [0.2, 0.25) is 12.6 Å². The lowest BCUT2D eigenvalue weighted by Crippen LogP contribution is -2.19. The summed E-state index contributed by atoms with van der Waals surface area (Å²) in [5, 5.41) is 19.7. The maximum absolute atomic E-state index is 10.6. The minimum absolute atomic E-state index is 0.0972. The summed E-state index contributed by atoms with van der Waals surface area (Å²) in [5.74, 6) is -0.393. The second-order valence-corrected chi connectivity index (χ2v) is 3.52. The third-order valence-corrected chi connectivity index (χ3v) is 2.08. The molecule has 18 heavy (non-hydrogen) atoms. The van der Waals surface area contributed by atoms with Gasteiger partial charge in [0, 0.05) is 29.1 Å². The summed E-state index contributed by atoms with van der Waals surface area (Å²) in [6.45, 7) is 3.60. The Labute approximate surface area is 106 Å². The van der Waals surface area contributed by atoms with E-state index in [2.05, 4.69) is 4.74 Å². The van der Waals surface area contributed by atoms with Crippen LogP contribution in [0.4, 0.5) is 0 Å². The molecule has 0 aliphatic rings. The smallest absolute Gasteiger partial charge is 0.305 e. The highest BCUT2D eigenvalue weighted by atomic mass is 16.6. The van der Waals surface area contributed by atoms with Crippen molar-refractivity contribution in [2.24, 2.45) is 0 Å². The number of rotatable bonds is 7. The number of nitrogens with zero attached hydrogens (tertiary/aromatic N) is 2. The normalized spacial score (nSPS) is 10.8. The molecule has 0 saturated carbocycles. The first-order chi connectivity index (χ1) is 8.38. The Morgan fingerprint density at radius 1 is 1.28 bits per heavy atom. The summed E-state index contributed by atoms with van der Waals surface area (Å²) in [4.78, 5) is 29.6. The van der Waals surface area contributed by atoms with Crippen LogP contribution in [0.5, 0.6) is 0 Å². The molecule has 0 bridgehead atoms. The zero-order valence-electron chi connectivity index (χ0n) is 11.0. The number of methoxy groups -OCH3 is 1. The summed E-state index contributed by atoms with van der Waals surface area (Å²) in [6, 6.07) is -0.621. The summed E-state index contributed by atoms with van der Waals surface area (Å²) in [6.07, 6.45) is 1.46. The molecule has 0 rings (SSSR count). The Bertz CT molecular complexity index is 269. The highest BCUT2D eigenvalue weighted by molar-refractivity contribution is 5.69. The summed E-state index contributed by atoms with van der Waals surface area (Å²) in [5.41, 5.74) is 0. The molecule has 0 aliphatic heterocycles. The van der Waals surface area contributed by atoms with Gasteiger partial charge in [0.1, 0.15) is 0 Å². The predicted molar refractivity (Wildman–Crippen MR) is 64.5 cm³/mol. The molecule has 0 heterocycles. The van der Waals surface area contributed by atoms with E-state index in [4.69, 9.17) is 0 Å². The molecule has 0 fully saturated rings. The zero-order chi connectivity index (χ0) is 14.6. The van der Waals surface area contributed by atoms with E-state index in [9.17, 15) is 25.0 Å². The molecule has 0 N–H and O–H groups in total. The maximum atomic E-state index is 10.6. The molecule has 0 spiro atoms. The number of hydrogen-bond donors (Lipinski definition) is 0. The Hall–Kier alpha value is -1.73. The summed E-state index contributed by atoms with van der Waals surface area (Å²) >= 11 is 0. The molecule has 1 unspecified atom stereocenters. The molecule has 1 atom stereocenters. The third kappa shape index (κ3) is 12.3. The van der Waals surface area contributed by atoms with E-state index in [1.54, 1.807) is 13.8 Å². The quantitative estimate of drug-likeness (QED) is 0.392. The number of hydrogen-bond acceptors (Lipinski definition) is 6. The Morgan fingerprint density at radius 2 is 1.83 bits per heavy atom. The molecule has 0 aromatic carbocycles. The molecule has 0 saturated heterocycles. The summed E-state index contributed by atoms with van der Waals surface area (Å²) in [7, 11) is 1.27. The Morgan fingerprint density at radius 3 is 2.06 bits per heavy atom. The van der Waals surface area contributed by atoms with Gasteiger partial charge in [0.15, 0.2) is 0 Å². The highest BCUT2D eigenvalue weighted by Crippen LogP contribution is 2.05. The van der Waals surface area contributed by atoms with Gasteiger partial charge in [0.25, 0.3) is 0 Å². The molecule has 8 nitrogen and oxygen atoms in total. The minimum Gasteiger partial charge on any atom is -0.469 e. The Balaban J connectivity index is 0. The van der Waals surface area contributed by atoms with Crippen LogP contribution in [-0.4, -0.2) is 35.5 Å². The first-order valence-electron chi connectivity index (χ1n) is 5.71. The lowest BCUT2D eigenvalue weighted by molar-refractivity contribution is -0.523. The predicted octanol–water partition coefficient (Wildman–Crippen LogP) is 1.67. The van der Waals surface area contributed by atoms with E-state index < -0.39 is 12.0 Å². The van der Waals surface area contributed by atoms with Gasteiger partial charge < -0.3 is 4.74 Å². The fourth-order valence-electron chi connectivity index (χ4n) is 1.03. The fraction of sp³-hybridized carbons (Fsp3) is 0.900. The van der Waals surface area contributed by atoms with Crippen LogP contribution in [0.25, 0.3) is 0 Å². The molecule has 0 radical (unpaired) electrons. The van der Waals surface area contributed by atoms with Crippen molar-refractivity contribution < 1.29 is 19.4 Å². The molecule has 0 amide bonds.